The third kappa shape index (κ3) is 9.39. The summed E-state index contributed by atoms with van der Waals surface area (Å²) in [6.07, 6.45) is 3.73. The molecule has 3 saturated heterocycles. The zero-order valence-corrected chi connectivity index (χ0v) is 38.4. The van der Waals surface area contributed by atoms with Gasteiger partial charge in [-0.2, -0.15) is 4.98 Å². The van der Waals surface area contributed by atoms with Crippen LogP contribution in [0.2, 0.25) is 5.02 Å². The molecule has 1 atom stereocenters. The Kier molecular flexibility index (Phi) is 13.2. The number of piperazine rings is 1. The molecule has 4 aromatic rings. The van der Waals surface area contributed by atoms with E-state index in [4.69, 9.17) is 16.3 Å². The van der Waals surface area contributed by atoms with Crippen LogP contribution in [0.1, 0.15) is 80.4 Å². The predicted octanol–water partition coefficient (Wildman–Crippen LogP) is 6.58. The third-order valence-electron chi connectivity index (χ3n) is 12.6. The number of nitrogens with zero attached hydrogens (tertiary/aromatic N) is 6. The minimum atomic E-state index is -3.59. The summed E-state index contributed by atoms with van der Waals surface area (Å²) in [4.78, 5) is 55.1. The SMILES string of the molecule is Cc1cc(Nc2ncc(Cl)c(Nc3ccccc3S(=O)(=O)C(C)C)n2)c(OC(C)C)cc1N1CCC(N2CCN(Cc3ccc4c(c3F)CN(C3CCC(=O)NC3=O)C4=O)CC2)CC1. The van der Waals surface area contributed by atoms with Crippen molar-refractivity contribution in [2.45, 2.75) is 102 Å². The lowest BCUT2D eigenvalue weighted by molar-refractivity contribution is -0.136. The number of fused-ring (bicyclic) bond motifs is 1. The van der Waals surface area contributed by atoms with Gasteiger partial charge in [-0.05, 0) is 83.7 Å². The van der Waals surface area contributed by atoms with Crippen molar-refractivity contribution in [1.82, 2.24) is 30.0 Å². The van der Waals surface area contributed by atoms with Gasteiger partial charge in [0, 0.05) is 86.7 Å². The van der Waals surface area contributed by atoms with E-state index < -0.39 is 32.9 Å². The number of carbonyl (C=O) groups excluding carboxylic acids is 3. The van der Waals surface area contributed by atoms with E-state index in [0.29, 0.717) is 40.8 Å². The van der Waals surface area contributed by atoms with Crippen LogP contribution < -0.4 is 25.6 Å². The predicted molar refractivity (Wildman–Crippen MR) is 244 cm³/mol. The van der Waals surface area contributed by atoms with Gasteiger partial charge in [-0.25, -0.2) is 17.8 Å². The number of hydrogen-bond donors (Lipinski definition) is 3. The molecule has 3 fully saturated rings. The van der Waals surface area contributed by atoms with E-state index in [-0.39, 0.29) is 64.6 Å². The second-order valence-electron chi connectivity index (χ2n) is 17.5. The molecule has 18 heteroatoms. The average Bonchev–Trinajstić information content (AvgIpc) is 3.60. The summed E-state index contributed by atoms with van der Waals surface area (Å²) in [5.41, 5.74) is 4.33. The van der Waals surface area contributed by atoms with Crippen molar-refractivity contribution in [3.63, 3.8) is 0 Å². The van der Waals surface area contributed by atoms with Gasteiger partial charge in [0.05, 0.1) is 40.4 Å². The number of rotatable bonds is 13. The van der Waals surface area contributed by atoms with Gasteiger partial charge in [-0.15, -0.1) is 0 Å². The lowest BCUT2D eigenvalue weighted by Crippen LogP contribution is -2.53. The number of benzene rings is 3. The zero-order chi connectivity index (χ0) is 45.4. The number of imide groups is 1. The van der Waals surface area contributed by atoms with E-state index in [0.717, 1.165) is 63.4 Å². The zero-order valence-electron chi connectivity index (χ0n) is 36.8. The van der Waals surface area contributed by atoms with E-state index in [2.05, 4.69) is 53.6 Å². The number of halogens is 2. The van der Waals surface area contributed by atoms with E-state index in [9.17, 15) is 22.8 Å². The van der Waals surface area contributed by atoms with Crippen molar-refractivity contribution in [3.8, 4) is 5.75 Å². The molecule has 3 N–H and O–H groups in total. The summed E-state index contributed by atoms with van der Waals surface area (Å²) in [7, 11) is -3.59. The van der Waals surface area contributed by atoms with E-state index in [1.807, 2.05) is 19.9 Å². The second kappa shape index (κ2) is 18.6. The fourth-order valence-electron chi connectivity index (χ4n) is 9.08. The Morgan fingerprint density at radius 2 is 1.67 bits per heavy atom. The number of sulfone groups is 1. The summed E-state index contributed by atoms with van der Waals surface area (Å²) < 4.78 is 48.5. The monoisotopic (exact) mass is 915 g/mol. The Balaban J connectivity index is 0.878. The first-order valence-corrected chi connectivity index (χ1v) is 23.9. The molecule has 0 aliphatic carbocycles. The Morgan fingerprint density at radius 3 is 2.38 bits per heavy atom. The second-order valence-corrected chi connectivity index (χ2v) is 20.4. The van der Waals surface area contributed by atoms with Crippen LogP contribution in [-0.2, 0) is 32.5 Å². The number of hydrogen-bond acceptors (Lipinski definition) is 13. The minimum absolute atomic E-state index is 0.0177. The number of ether oxygens (including phenoxy) is 1. The number of aryl methyl sites for hydroxylation is 1. The maximum absolute atomic E-state index is 15.9. The number of nitrogens with one attached hydrogen (secondary N) is 3. The van der Waals surface area contributed by atoms with Gasteiger partial charge in [-0.1, -0.05) is 29.8 Å². The highest BCUT2D eigenvalue weighted by atomic mass is 35.5. The van der Waals surface area contributed by atoms with Gasteiger partial charge in [0.25, 0.3) is 5.91 Å². The number of carbonyl (C=O) groups is 3. The van der Waals surface area contributed by atoms with E-state index >= 15 is 4.39 Å². The van der Waals surface area contributed by atoms with Crippen LogP contribution in [0.4, 0.5) is 33.2 Å². The van der Waals surface area contributed by atoms with Crippen molar-refractivity contribution in [3.05, 3.63) is 87.8 Å². The molecule has 4 aliphatic rings. The summed E-state index contributed by atoms with van der Waals surface area (Å²) in [5.74, 6) is -0.480. The fourth-order valence-corrected chi connectivity index (χ4v) is 10.4. The van der Waals surface area contributed by atoms with Gasteiger partial charge in [-0.3, -0.25) is 29.5 Å². The molecule has 0 saturated carbocycles. The number of aromatic nitrogens is 2. The Morgan fingerprint density at radius 1 is 0.938 bits per heavy atom. The van der Waals surface area contributed by atoms with Crippen LogP contribution in [-0.4, -0.2) is 114 Å². The molecule has 3 aromatic carbocycles. The van der Waals surface area contributed by atoms with E-state index in [1.54, 1.807) is 50.2 Å². The smallest absolute Gasteiger partial charge is 0.255 e. The highest BCUT2D eigenvalue weighted by Crippen LogP contribution is 2.38. The summed E-state index contributed by atoms with van der Waals surface area (Å²) in [6.45, 7) is 14.8. The molecular formula is C46H55ClFN9O6S. The highest BCUT2D eigenvalue weighted by molar-refractivity contribution is 7.92. The highest BCUT2D eigenvalue weighted by Gasteiger charge is 2.41. The molecule has 1 aromatic heterocycles. The molecule has 0 bridgehead atoms. The van der Waals surface area contributed by atoms with Crippen LogP contribution in [0.25, 0.3) is 0 Å². The van der Waals surface area contributed by atoms with Crippen molar-refractivity contribution >= 4 is 68.0 Å². The molecule has 8 rings (SSSR count). The summed E-state index contributed by atoms with van der Waals surface area (Å²) in [5, 5.41) is 8.34. The van der Waals surface area contributed by atoms with Gasteiger partial charge in [0.15, 0.2) is 15.7 Å². The van der Waals surface area contributed by atoms with Crippen molar-refractivity contribution in [1.29, 1.82) is 0 Å². The summed E-state index contributed by atoms with van der Waals surface area (Å²) in [6, 6.07) is 13.8. The molecule has 0 spiro atoms. The topological polar surface area (TPSA) is 169 Å². The number of para-hydroxylation sites is 1. The molecule has 15 nitrogen and oxygen atoms in total. The molecule has 4 aliphatic heterocycles. The number of anilines is 5. The Labute approximate surface area is 378 Å². The first-order chi connectivity index (χ1) is 30.6. The fraction of sp³-hybridized carbons (Fsp3) is 0.457. The van der Waals surface area contributed by atoms with Crippen LogP contribution in [0.15, 0.2) is 59.6 Å². The van der Waals surface area contributed by atoms with Crippen molar-refractivity contribution in [2.75, 3.05) is 54.8 Å². The third-order valence-corrected chi connectivity index (χ3v) is 15.1. The maximum atomic E-state index is 15.9. The van der Waals surface area contributed by atoms with Gasteiger partial charge in [0.1, 0.15) is 22.6 Å². The van der Waals surface area contributed by atoms with Crippen LogP contribution >= 0.6 is 11.6 Å². The lowest BCUT2D eigenvalue weighted by Gasteiger charge is -2.43. The lowest BCUT2D eigenvalue weighted by atomic mass is 10.00. The van der Waals surface area contributed by atoms with Crippen LogP contribution in [0.3, 0.4) is 0 Å². The first-order valence-electron chi connectivity index (χ1n) is 21.9. The molecule has 0 radical (unpaired) electrons. The van der Waals surface area contributed by atoms with Gasteiger partial charge >= 0.3 is 0 Å². The van der Waals surface area contributed by atoms with Crippen molar-refractivity contribution in [2.24, 2.45) is 0 Å². The van der Waals surface area contributed by atoms with Gasteiger partial charge < -0.3 is 25.2 Å². The number of amides is 3. The quantitative estimate of drug-likeness (QED) is 0.123. The van der Waals surface area contributed by atoms with Crippen molar-refractivity contribution < 1.29 is 31.9 Å². The molecule has 3 amide bonds. The van der Waals surface area contributed by atoms with Crippen LogP contribution in [0, 0.1) is 12.7 Å². The maximum Gasteiger partial charge on any atom is 0.255 e. The molecule has 340 valence electrons. The molecule has 64 heavy (non-hydrogen) atoms. The molecule has 1 unspecified atom stereocenters. The first kappa shape index (κ1) is 45.2. The minimum Gasteiger partial charge on any atom is -0.489 e. The normalized spacial score (nSPS) is 19.1. The Bertz CT molecular complexity index is 2560. The largest absolute Gasteiger partial charge is 0.489 e. The average molecular weight is 917 g/mol. The Hall–Kier alpha value is -5.36. The standard InChI is InChI=1S/C46H55ClFN9O6S/c1-27(2)63-39-23-38(29(5)22-36(39)51-46-49-24-34(47)43(53-46)50-35-8-6-7-9-40(35)64(61,62)28(3)4)56-16-14-31(15-17-56)55-20-18-54(19-21-55)25-30-10-11-32-33(42(30)48)26-57(45(32)60)37-12-13-41(58)52-44(37)59/h6-11,22-24,27-28,31,37H,12-21,25-26H2,1-5H3,(H,52,58,59)(H2,49,50,51,53). The van der Waals surface area contributed by atoms with Gasteiger partial charge in [0.2, 0.25) is 17.8 Å². The van der Waals surface area contributed by atoms with E-state index in [1.165, 1.54) is 11.1 Å². The molecular weight excluding hydrogens is 861 g/mol. The van der Waals surface area contributed by atoms with Crippen LogP contribution in [0.5, 0.6) is 5.75 Å². The number of piperidine rings is 2. The summed E-state index contributed by atoms with van der Waals surface area (Å²) >= 11 is 6.52. The molecule has 5 heterocycles.